The number of aromatic nitrogens is 1. The predicted molar refractivity (Wildman–Crippen MR) is 51.5 cm³/mol. The molecule has 0 unspecified atom stereocenters. The third-order valence-corrected chi connectivity index (χ3v) is 1.92. The van der Waals surface area contributed by atoms with E-state index in [1.54, 1.807) is 0 Å². The Balaban J connectivity index is 3.34. The Labute approximate surface area is 90.2 Å². The molecule has 0 bridgehead atoms. The van der Waals surface area contributed by atoms with Crippen LogP contribution in [0, 0.1) is 0 Å². The van der Waals surface area contributed by atoms with Crippen LogP contribution in [0.5, 0.6) is 5.75 Å². The molecule has 0 fully saturated rings. The van der Waals surface area contributed by atoms with Crippen LogP contribution in [0.15, 0.2) is 6.20 Å². The van der Waals surface area contributed by atoms with Gasteiger partial charge in [-0.3, -0.25) is 4.98 Å². The molecule has 1 aromatic rings. The molecule has 0 spiro atoms. The van der Waals surface area contributed by atoms with Gasteiger partial charge in [-0.05, 0) is 0 Å². The zero-order valence-electron chi connectivity index (χ0n) is 8.66. The van der Waals surface area contributed by atoms with Crippen molar-refractivity contribution in [3.63, 3.8) is 0 Å². The van der Waals surface area contributed by atoms with Crippen molar-refractivity contribution in [2.45, 2.75) is 6.43 Å². The van der Waals surface area contributed by atoms with E-state index in [0.717, 1.165) is 13.3 Å². The number of hydrogen-bond donors (Lipinski definition) is 1. The summed E-state index contributed by atoms with van der Waals surface area (Å²) in [6.07, 6.45) is -1.89. The molecule has 0 aliphatic heterocycles. The minimum Gasteiger partial charge on any atom is -0.492 e. The van der Waals surface area contributed by atoms with Gasteiger partial charge in [0, 0.05) is 6.20 Å². The molecule has 1 heterocycles. The average molecular weight is 232 g/mol. The second-order valence-corrected chi connectivity index (χ2v) is 2.80. The maximum atomic E-state index is 12.5. The van der Waals surface area contributed by atoms with Crippen molar-refractivity contribution >= 4 is 11.7 Å². The number of halogens is 2. The molecule has 7 heteroatoms. The van der Waals surface area contributed by atoms with Gasteiger partial charge in [-0.15, -0.1) is 0 Å². The molecule has 2 N–H and O–H groups in total. The molecule has 16 heavy (non-hydrogen) atoms. The number of nitrogen functional groups attached to an aromatic ring is 1. The number of alkyl halides is 2. The fourth-order valence-corrected chi connectivity index (χ4v) is 1.17. The first-order chi connectivity index (χ1) is 7.52. The maximum Gasteiger partial charge on any atom is 0.341 e. The Kier molecular flexibility index (Phi) is 3.60. The van der Waals surface area contributed by atoms with Gasteiger partial charge in [0.15, 0.2) is 11.4 Å². The van der Waals surface area contributed by atoms with E-state index in [2.05, 4.69) is 9.72 Å². The monoisotopic (exact) mass is 232 g/mol. The summed E-state index contributed by atoms with van der Waals surface area (Å²) >= 11 is 0. The summed E-state index contributed by atoms with van der Waals surface area (Å²) in [7, 11) is 2.32. The summed E-state index contributed by atoms with van der Waals surface area (Å²) in [5, 5.41) is 0. The topological polar surface area (TPSA) is 74.4 Å². The van der Waals surface area contributed by atoms with Crippen LogP contribution in [0.4, 0.5) is 14.5 Å². The fraction of sp³-hybridized carbons (Fsp3) is 0.333. The largest absolute Gasteiger partial charge is 0.492 e. The number of methoxy groups -OCH3 is 2. The Morgan fingerprint density at radius 2 is 2.12 bits per heavy atom. The fourth-order valence-electron chi connectivity index (χ4n) is 1.17. The average Bonchev–Trinajstić information content (AvgIpc) is 2.27. The third-order valence-electron chi connectivity index (χ3n) is 1.92. The summed E-state index contributed by atoms with van der Waals surface area (Å²) in [6.45, 7) is 0. The molecule has 1 aromatic heterocycles. The highest BCUT2D eigenvalue weighted by molar-refractivity contribution is 5.96. The molecule has 1 rings (SSSR count). The molecule has 0 amide bonds. The van der Waals surface area contributed by atoms with Gasteiger partial charge in [-0.1, -0.05) is 0 Å². The lowest BCUT2D eigenvalue weighted by Crippen LogP contribution is -2.10. The van der Waals surface area contributed by atoms with Crippen molar-refractivity contribution in [3.05, 3.63) is 17.5 Å². The van der Waals surface area contributed by atoms with E-state index in [9.17, 15) is 13.6 Å². The zero-order chi connectivity index (χ0) is 12.3. The van der Waals surface area contributed by atoms with Crippen LogP contribution in [0.25, 0.3) is 0 Å². The van der Waals surface area contributed by atoms with E-state index in [4.69, 9.17) is 10.5 Å². The molecule has 0 atom stereocenters. The molecular formula is C9H10F2N2O3. The van der Waals surface area contributed by atoms with E-state index in [1.165, 1.54) is 7.11 Å². The van der Waals surface area contributed by atoms with E-state index < -0.39 is 18.1 Å². The molecule has 0 saturated carbocycles. The number of carbonyl (C=O) groups is 1. The summed E-state index contributed by atoms with van der Waals surface area (Å²) in [4.78, 5) is 14.6. The number of nitrogens with zero attached hydrogens (tertiary/aromatic N) is 1. The van der Waals surface area contributed by atoms with E-state index in [0.29, 0.717) is 0 Å². The van der Waals surface area contributed by atoms with E-state index >= 15 is 0 Å². The number of pyridine rings is 1. The van der Waals surface area contributed by atoms with Crippen LogP contribution < -0.4 is 10.5 Å². The first kappa shape index (κ1) is 12.2. The van der Waals surface area contributed by atoms with Gasteiger partial charge in [0.1, 0.15) is 5.56 Å². The highest BCUT2D eigenvalue weighted by atomic mass is 19.3. The lowest BCUT2D eigenvalue weighted by atomic mass is 10.2. The van der Waals surface area contributed by atoms with Gasteiger partial charge in [0.2, 0.25) is 0 Å². The van der Waals surface area contributed by atoms with Crippen molar-refractivity contribution < 1.29 is 23.0 Å². The first-order valence-electron chi connectivity index (χ1n) is 4.21. The molecule has 0 aliphatic carbocycles. The molecular weight excluding hydrogens is 222 g/mol. The minimum absolute atomic E-state index is 0.108. The molecule has 0 radical (unpaired) electrons. The van der Waals surface area contributed by atoms with Crippen molar-refractivity contribution in [1.29, 1.82) is 0 Å². The molecule has 5 nitrogen and oxygen atoms in total. The summed E-state index contributed by atoms with van der Waals surface area (Å²) < 4.78 is 34.1. The van der Waals surface area contributed by atoms with Gasteiger partial charge >= 0.3 is 5.97 Å². The lowest BCUT2D eigenvalue weighted by molar-refractivity contribution is 0.0600. The number of rotatable bonds is 3. The summed E-state index contributed by atoms with van der Waals surface area (Å²) in [6, 6.07) is 0. The number of anilines is 1. The van der Waals surface area contributed by atoms with Gasteiger partial charge < -0.3 is 15.2 Å². The normalized spacial score (nSPS) is 10.3. The van der Waals surface area contributed by atoms with Crippen molar-refractivity contribution in [2.75, 3.05) is 20.0 Å². The van der Waals surface area contributed by atoms with Crippen LogP contribution in [-0.4, -0.2) is 25.2 Å². The minimum atomic E-state index is -2.83. The van der Waals surface area contributed by atoms with Crippen LogP contribution in [0.2, 0.25) is 0 Å². The smallest absolute Gasteiger partial charge is 0.341 e. The second-order valence-electron chi connectivity index (χ2n) is 2.80. The SMILES string of the molecule is COC(=O)c1cnc(C(F)F)c(OC)c1N. The van der Waals surface area contributed by atoms with E-state index in [1.807, 2.05) is 0 Å². The highest BCUT2D eigenvalue weighted by Crippen LogP contribution is 2.34. The number of ether oxygens (including phenoxy) is 2. The molecule has 0 aromatic carbocycles. The molecule has 88 valence electrons. The maximum absolute atomic E-state index is 12.5. The quantitative estimate of drug-likeness (QED) is 0.797. The van der Waals surface area contributed by atoms with E-state index in [-0.39, 0.29) is 17.0 Å². The Bertz CT molecular complexity index is 410. The van der Waals surface area contributed by atoms with Crippen LogP contribution in [0.3, 0.4) is 0 Å². The third kappa shape index (κ3) is 2.02. The van der Waals surface area contributed by atoms with Gasteiger partial charge in [-0.25, -0.2) is 13.6 Å². The molecule has 0 aliphatic rings. The Morgan fingerprint density at radius 1 is 1.50 bits per heavy atom. The number of hydrogen-bond acceptors (Lipinski definition) is 5. The number of nitrogens with two attached hydrogens (primary N) is 1. The summed E-state index contributed by atoms with van der Waals surface area (Å²) in [5.74, 6) is -1.07. The Hall–Kier alpha value is -1.92. The van der Waals surface area contributed by atoms with Crippen LogP contribution in [-0.2, 0) is 4.74 Å². The van der Waals surface area contributed by atoms with Crippen molar-refractivity contribution in [1.82, 2.24) is 4.98 Å². The summed E-state index contributed by atoms with van der Waals surface area (Å²) in [5.41, 5.74) is 4.59. The van der Waals surface area contributed by atoms with Gasteiger partial charge in [0.05, 0.1) is 19.9 Å². The van der Waals surface area contributed by atoms with Crippen molar-refractivity contribution in [2.24, 2.45) is 0 Å². The lowest BCUT2D eigenvalue weighted by Gasteiger charge is -2.11. The Morgan fingerprint density at radius 3 is 2.56 bits per heavy atom. The zero-order valence-corrected chi connectivity index (χ0v) is 8.66. The van der Waals surface area contributed by atoms with Gasteiger partial charge in [0.25, 0.3) is 6.43 Å². The van der Waals surface area contributed by atoms with Gasteiger partial charge in [-0.2, -0.15) is 0 Å². The second kappa shape index (κ2) is 4.73. The standard InChI is InChI=1S/C9H10F2N2O3/c1-15-7-5(12)4(9(14)16-2)3-13-6(7)8(10)11/h3,8H,1-2H3,(H2,12,13). The van der Waals surface area contributed by atoms with Crippen molar-refractivity contribution in [3.8, 4) is 5.75 Å². The van der Waals surface area contributed by atoms with Crippen LogP contribution in [0.1, 0.15) is 22.5 Å². The predicted octanol–water partition coefficient (Wildman–Crippen LogP) is 1.40. The highest BCUT2D eigenvalue weighted by Gasteiger charge is 2.23. The number of esters is 1. The van der Waals surface area contributed by atoms with Crippen LogP contribution >= 0.6 is 0 Å². The number of carbonyl (C=O) groups excluding carboxylic acids is 1. The molecule has 0 saturated heterocycles. The first-order valence-corrected chi connectivity index (χ1v) is 4.21.